The van der Waals surface area contributed by atoms with Crippen LogP contribution in [0.1, 0.15) is 11.3 Å². The Kier molecular flexibility index (Phi) is 7.45. The zero-order valence-corrected chi connectivity index (χ0v) is 18.0. The number of halogens is 1. The molecule has 0 atom stereocenters. The van der Waals surface area contributed by atoms with Crippen LogP contribution < -0.4 is 10.1 Å². The fourth-order valence-corrected chi connectivity index (χ4v) is 3.13. The van der Waals surface area contributed by atoms with E-state index in [1.807, 2.05) is 42.5 Å². The molecule has 0 unspecified atom stereocenters. The first kappa shape index (κ1) is 21.4. The van der Waals surface area contributed by atoms with Crippen LogP contribution in [0.5, 0.6) is 5.75 Å². The zero-order valence-electron chi connectivity index (χ0n) is 16.4. The lowest BCUT2D eigenvalue weighted by molar-refractivity contribution is -0.131. The summed E-state index contributed by atoms with van der Waals surface area (Å²) >= 11 is 3.40. The van der Waals surface area contributed by atoms with Crippen molar-refractivity contribution in [3.05, 3.63) is 88.8 Å². The minimum absolute atomic E-state index is 0.122. The first-order valence-corrected chi connectivity index (χ1v) is 10.0. The molecule has 0 radical (unpaired) electrons. The molecule has 1 aromatic heterocycles. The van der Waals surface area contributed by atoms with Gasteiger partial charge in [0.15, 0.2) is 0 Å². The number of nitrogens with one attached hydrogen (secondary N) is 1. The van der Waals surface area contributed by atoms with Gasteiger partial charge in [-0.3, -0.25) is 9.59 Å². The van der Waals surface area contributed by atoms with E-state index in [9.17, 15) is 9.59 Å². The van der Waals surface area contributed by atoms with Crippen LogP contribution in [0.2, 0.25) is 0 Å². The van der Waals surface area contributed by atoms with Gasteiger partial charge in [-0.25, -0.2) is 0 Å². The van der Waals surface area contributed by atoms with Gasteiger partial charge in [-0.2, -0.15) is 0 Å². The van der Waals surface area contributed by atoms with Crippen LogP contribution >= 0.6 is 15.9 Å². The number of nitrogens with zero attached hydrogens (tertiary/aromatic N) is 1. The Labute approximate surface area is 183 Å². The molecule has 0 spiro atoms. The third kappa shape index (κ3) is 6.09. The lowest BCUT2D eigenvalue weighted by atomic mass is 10.2. The SMILES string of the molecule is COc1cccc(/C=C/C(=O)N(CC(=O)Nc2ccccc2Br)Cc2ccco2)c1. The summed E-state index contributed by atoms with van der Waals surface area (Å²) < 4.78 is 11.3. The molecule has 1 N–H and O–H groups in total. The highest BCUT2D eigenvalue weighted by atomic mass is 79.9. The number of carbonyl (C=O) groups is 2. The minimum atomic E-state index is -0.309. The summed E-state index contributed by atoms with van der Waals surface area (Å²) in [5.41, 5.74) is 1.46. The Hall–Kier alpha value is -3.32. The average Bonchev–Trinajstić information content (AvgIpc) is 3.26. The second-order valence-electron chi connectivity index (χ2n) is 6.41. The van der Waals surface area contributed by atoms with Gasteiger partial charge in [0.1, 0.15) is 18.1 Å². The Balaban J connectivity index is 1.72. The number of ether oxygens (including phenoxy) is 1. The van der Waals surface area contributed by atoms with Crippen molar-refractivity contribution in [2.24, 2.45) is 0 Å². The van der Waals surface area contributed by atoms with Crippen LogP contribution in [-0.2, 0) is 16.1 Å². The molecule has 30 heavy (non-hydrogen) atoms. The molecule has 0 saturated carbocycles. The van der Waals surface area contributed by atoms with Crippen LogP contribution in [0, 0.1) is 0 Å². The Bertz CT molecular complexity index is 1030. The van der Waals surface area contributed by atoms with Crippen molar-refractivity contribution >= 4 is 39.5 Å². The normalized spacial score (nSPS) is 10.7. The van der Waals surface area contributed by atoms with Gasteiger partial charge in [0.25, 0.3) is 0 Å². The van der Waals surface area contributed by atoms with E-state index in [2.05, 4.69) is 21.2 Å². The van der Waals surface area contributed by atoms with Crippen LogP contribution in [-0.4, -0.2) is 30.4 Å². The van der Waals surface area contributed by atoms with Crippen molar-refractivity contribution < 1.29 is 18.7 Å². The molecule has 2 amide bonds. The third-order valence-electron chi connectivity index (χ3n) is 4.23. The molecule has 154 valence electrons. The smallest absolute Gasteiger partial charge is 0.247 e. The molecule has 1 heterocycles. The van der Waals surface area contributed by atoms with Crippen molar-refractivity contribution in [2.45, 2.75) is 6.54 Å². The molecule has 0 bridgehead atoms. The molecule has 2 aromatic carbocycles. The summed E-state index contributed by atoms with van der Waals surface area (Å²) in [5, 5.41) is 2.81. The van der Waals surface area contributed by atoms with Crippen molar-refractivity contribution in [3.8, 4) is 5.75 Å². The first-order chi connectivity index (χ1) is 14.5. The third-order valence-corrected chi connectivity index (χ3v) is 4.92. The number of carbonyl (C=O) groups excluding carboxylic acids is 2. The number of hydrogen-bond acceptors (Lipinski definition) is 4. The van der Waals surface area contributed by atoms with Gasteiger partial charge < -0.3 is 19.4 Å². The first-order valence-electron chi connectivity index (χ1n) is 9.23. The quantitative estimate of drug-likeness (QED) is 0.485. The van der Waals surface area contributed by atoms with Crippen LogP contribution in [0.3, 0.4) is 0 Å². The lowest BCUT2D eigenvalue weighted by Crippen LogP contribution is -2.36. The summed E-state index contributed by atoms with van der Waals surface area (Å²) in [7, 11) is 1.59. The highest BCUT2D eigenvalue weighted by molar-refractivity contribution is 9.10. The maximum atomic E-state index is 12.8. The summed E-state index contributed by atoms with van der Waals surface area (Å²) in [6, 6.07) is 18.1. The topological polar surface area (TPSA) is 71.8 Å². The van der Waals surface area contributed by atoms with Gasteiger partial charge in [0, 0.05) is 10.5 Å². The largest absolute Gasteiger partial charge is 0.497 e. The summed E-state index contributed by atoms with van der Waals surface area (Å²) in [6.45, 7) is 0.0565. The number of benzene rings is 2. The molecule has 3 rings (SSSR count). The van der Waals surface area contributed by atoms with Crippen molar-refractivity contribution in [1.29, 1.82) is 0 Å². The Morgan fingerprint density at radius 2 is 1.97 bits per heavy atom. The molecule has 6 nitrogen and oxygen atoms in total. The molecular weight excluding hydrogens is 448 g/mol. The van der Waals surface area contributed by atoms with E-state index < -0.39 is 0 Å². The molecule has 0 aliphatic heterocycles. The molecule has 0 aliphatic carbocycles. The van der Waals surface area contributed by atoms with Gasteiger partial charge in [0.05, 0.1) is 25.6 Å². The van der Waals surface area contributed by atoms with E-state index in [0.717, 1.165) is 10.0 Å². The standard InChI is InChI=1S/C23H21BrN2O4/c1-29-18-7-4-6-17(14-18)11-12-23(28)26(15-19-8-5-13-30-19)16-22(27)25-21-10-3-2-9-20(21)24/h2-14H,15-16H2,1H3,(H,25,27)/b12-11+. The molecule has 0 aliphatic rings. The van der Waals surface area contributed by atoms with Gasteiger partial charge in [-0.1, -0.05) is 24.3 Å². The van der Waals surface area contributed by atoms with Crippen molar-refractivity contribution in [2.75, 3.05) is 19.0 Å². The fourth-order valence-electron chi connectivity index (χ4n) is 2.75. The Morgan fingerprint density at radius 1 is 1.13 bits per heavy atom. The van der Waals surface area contributed by atoms with E-state index in [0.29, 0.717) is 17.2 Å². The van der Waals surface area contributed by atoms with Crippen LogP contribution in [0.25, 0.3) is 6.08 Å². The number of methoxy groups -OCH3 is 1. The lowest BCUT2D eigenvalue weighted by Gasteiger charge is -2.20. The van der Waals surface area contributed by atoms with E-state index in [4.69, 9.17) is 9.15 Å². The van der Waals surface area contributed by atoms with E-state index in [-0.39, 0.29) is 24.9 Å². The molecular formula is C23H21BrN2O4. The molecule has 3 aromatic rings. The van der Waals surface area contributed by atoms with Gasteiger partial charge in [-0.15, -0.1) is 0 Å². The van der Waals surface area contributed by atoms with Gasteiger partial charge >= 0.3 is 0 Å². The number of furan rings is 1. The number of para-hydroxylation sites is 1. The highest BCUT2D eigenvalue weighted by Crippen LogP contribution is 2.21. The number of hydrogen-bond donors (Lipinski definition) is 1. The number of anilines is 1. The maximum Gasteiger partial charge on any atom is 0.247 e. The summed E-state index contributed by atoms with van der Waals surface area (Å²) in [6.07, 6.45) is 4.65. The van der Waals surface area contributed by atoms with Crippen LogP contribution in [0.15, 0.2) is 81.9 Å². The van der Waals surface area contributed by atoms with E-state index in [1.54, 1.807) is 31.4 Å². The fraction of sp³-hybridized carbons (Fsp3) is 0.130. The number of rotatable bonds is 8. The van der Waals surface area contributed by atoms with E-state index in [1.165, 1.54) is 17.2 Å². The van der Waals surface area contributed by atoms with Gasteiger partial charge in [0.2, 0.25) is 11.8 Å². The molecule has 0 saturated heterocycles. The summed E-state index contributed by atoms with van der Waals surface area (Å²) in [4.78, 5) is 26.8. The van der Waals surface area contributed by atoms with Crippen LogP contribution in [0.4, 0.5) is 5.69 Å². The van der Waals surface area contributed by atoms with Gasteiger partial charge in [-0.05, 0) is 64.0 Å². The monoisotopic (exact) mass is 468 g/mol. The maximum absolute atomic E-state index is 12.8. The molecule has 7 heteroatoms. The minimum Gasteiger partial charge on any atom is -0.497 e. The van der Waals surface area contributed by atoms with E-state index >= 15 is 0 Å². The summed E-state index contributed by atoms with van der Waals surface area (Å²) in [5.74, 6) is 0.671. The number of amides is 2. The highest BCUT2D eigenvalue weighted by Gasteiger charge is 2.17. The Morgan fingerprint density at radius 3 is 2.70 bits per heavy atom. The molecule has 0 fully saturated rings. The predicted octanol–water partition coefficient (Wildman–Crippen LogP) is 4.73. The zero-order chi connectivity index (χ0) is 21.3. The average molecular weight is 469 g/mol. The second kappa shape index (κ2) is 10.5. The second-order valence-corrected chi connectivity index (χ2v) is 7.27. The van der Waals surface area contributed by atoms with Crippen molar-refractivity contribution in [1.82, 2.24) is 4.90 Å². The van der Waals surface area contributed by atoms with Crippen molar-refractivity contribution in [3.63, 3.8) is 0 Å². The predicted molar refractivity (Wildman–Crippen MR) is 119 cm³/mol.